The van der Waals surface area contributed by atoms with Crippen LogP contribution < -0.4 is 0 Å². The van der Waals surface area contributed by atoms with Crippen molar-refractivity contribution in [2.75, 3.05) is 0 Å². The Kier molecular flexibility index (Phi) is 4.19. The van der Waals surface area contributed by atoms with Crippen molar-refractivity contribution in [3.05, 3.63) is 35.4 Å². The highest BCUT2D eigenvalue weighted by Crippen LogP contribution is 2.18. The minimum Gasteiger partial charge on any atom is -0.481 e. The Morgan fingerprint density at radius 3 is 2.00 bits per heavy atom. The third kappa shape index (κ3) is 3.54. The van der Waals surface area contributed by atoms with E-state index in [4.69, 9.17) is 15.3 Å². The molecule has 0 bridgehead atoms. The zero-order valence-electron chi connectivity index (χ0n) is 8.78. The highest BCUT2D eigenvalue weighted by Gasteiger charge is 2.24. The molecule has 0 fully saturated rings. The topological polar surface area (TPSA) is 115 Å². The molecule has 6 nitrogen and oxygen atoms in total. The molecule has 4 N–H and O–H groups in total. The van der Waals surface area contributed by atoms with Crippen LogP contribution >= 0.6 is 0 Å². The molecule has 1 aromatic carbocycles. The Hall–Kier alpha value is -1.92. The van der Waals surface area contributed by atoms with Crippen molar-refractivity contribution in [2.24, 2.45) is 0 Å². The molecular weight excluding hydrogens is 228 g/mol. The van der Waals surface area contributed by atoms with Gasteiger partial charge in [0, 0.05) is 0 Å². The van der Waals surface area contributed by atoms with Gasteiger partial charge in [0.15, 0.2) is 6.10 Å². The molecule has 0 aliphatic heterocycles. The predicted octanol–water partition coefficient (Wildman–Crippen LogP) is -0.207. The highest BCUT2D eigenvalue weighted by molar-refractivity contribution is 5.73. The lowest BCUT2D eigenvalue weighted by Gasteiger charge is -2.14. The summed E-state index contributed by atoms with van der Waals surface area (Å²) >= 11 is 0. The van der Waals surface area contributed by atoms with Gasteiger partial charge in [0.1, 0.15) is 6.10 Å². The summed E-state index contributed by atoms with van der Waals surface area (Å²) in [5.74, 6) is -2.50. The van der Waals surface area contributed by atoms with Crippen molar-refractivity contribution in [1.82, 2.24) is 0 Å². The predicted molar refractivity (Wildman–Crippen MR) is 56.4 cm³/mol. The second kappa shape index (κ2) is 5.42. The van der Waals surface area contributed by atoms with E-state index < -0.39 is 24.1 Å². The van der Waals surface area contributed by atoms with Gasteiger partial charge in [-0.1, -0.05) is 24.3 Å². The van der Waals surface area contributed by atoms with Crippen LogP contribution in [0.4, 0.5) is 0 Å². The van der Waals surface area contributed by atoms with Crippen LogP contribution in [0.25, 0.3) is 0 Å². The van der Waals surface area contributed by atoms with E-state index in [9.17, 15) is 14.7 Å². The lowest BCUT2D eigenvalue weighted by molar-refractivity contribution is -0.153. The Balaban J connectivity index is 2.80. The van der Waals surface area contributed by atoms with E-state index >= 15 is 0 Å². The molecule has 0 radical (unpaired) electrons. The number of hydrogen-bond donors (Lipinski definition) is 4. The summed E-state index contributed by atoms with van der Waals surface area (Å²) in [4.78, 5) is 20.9. The van der Waals surface area contributed by atoms with Crippen LogP contribution in [0.1, 0.15) is 17.2 Å². The van der Waals surface area contributed by atoms with Gasteiger partial charge in [-0.3, -0.25) is 4.79 Å². The molecule has 1 aromatic rings. The normalized spacial score (nSPS) is 14.0. The second-order valence-corrected chi connectivity index (χ2v) is 3.54. The van der Waals surface area contributed by atoms with Gasteiger partial charge in [0.25, 0.3) is 0 Å². The number of aliphatic carboxylic acids is 2. The molecule has 1 rings (SSSR count). The number of aliphatic hydroxyl groups is 2. The van der Waals surface area contributed by atoms with Crippen LogP contribution in [0.5, 0.6) is 0 Å². The molecule has 2 unspecified atom stereocenters. The van der Waals surface area contributed by atoms with E-state index in [1.54, 1.807) is 0 Å². The maximum absolute atomic E-state index is 10.4. The van der Waals surface area contributed by atoms with Gasteiger partial charge < -0.3 is 20.4 Å². The third-order valence-corrected chi connectivity index (χ3v) is 2.23. The fraction of sp³-hybridized carbons (Fsp3) is 0.273. The summed E-state index contributed by atoms with van der Waals surface area (Å²) in [5, 5.41) is 35.6. The number of aliphatic hydroxyl groups excluding tert-OH is 2. The van der Waals surface area contributed by atoms with Crippen molar-refractivity contribution in [3.8, 4) is 0 Å². The van der Waals surface area contributed by atoms with E-state index in [-0.39, 0.29) is 12.0 Å². The lowest BCUT2D eigenvalue weighted by Crippen LogP contribution is -2.27. The molecule has 0 aliphatic rings. The van der Waals surface area contributed by atoms with Crippen molar-refractivity contribution < 1.29 is 30.0 Å². The van der Waals surface area contributed by atoms with Gasteiger partial charge in [-0.05, 0) is 11.1 Å². The van der Waals surface area contributed by atoms with Crippen LogP contribution in [0, 0.1) is 0 Å². The molecule has 0 aliphatic carbocycles. The average molecular weight is 240 g/mol. The fourth-order valence-corrected chi connectivity index (χ4v) is 1.32. The number of hydrogen-bond acceptors (Lipinski definition) is 4. The monoisotopic (exact) mass is 240 g/mol. The van der Waals surface area contributed by atoms with Crippen LogP contribution in [-0.4, -0.2) is 38.5 Å². The van der Waals surface area contributed by atoms with E-state index in [0.29, 0.717) is 5.56 Å². The number of carbonyl (C=O) groups is 2. The van der Waals surface area contributed by atoms with Gasteiger partial charge >= 0.3 is 11.9 Å². The Bertz CT molecular complexity index is 410. The lowest BCUT2D eigenvalue weighted by atomic mass is 10.0. The Labute approximate surface area is 96.8 Å². The van der Waals surface area contributed by atoms with Gasteiger partial charge in [0.05, 0.1) is 6.42 Å². The summed E-state index contributed by atoms with van der Waals surface area (Å²) in [5.41, 5.74) is 0.743. The van der Waals surface area contributed by atoms with Crippen molar-refractivity contribution in [3.63, 3.8) is 0 Å². The molecular formula is C11H12O6. The van der Waals surface area contributed by atoms with E-state index in [0.717, 1.165) is 0 Å². The second-order valence-electron chi connectivity index (χ2n) is 3.54. The molecule has 0 spiro atoms. The fourth-order valence-electron chi connectivity index (χ4n) is 1.32. The SMILES string of the molecule is O=C(O)Cc1ccc(C(O)C(O)C(=O)O)cc1. The first-order valence-corrected chi connectivity index (χ1v) is 4.81. The standard InChI is InChI=1S/C11H12O6/c12-8(13)5-6-1-3-7(4-2-6)9(14)10(15)11(16)17/h1-4,9-10,14-15H,5H2,(H,12,13)(H,16,17). The van der Waals surface area contributed by atoms with Gasteiger partial charge in [-0.15, -0.1) is 0 Å². The highest BCUT2D eigenvalue weighted by atomic mass is 16.4. The number of benzene rings is 1. The molecule has 0 heterocycles. The number of rotatable bonds is 5. The van der Waals surface area contributed by atoms with Crippen LogP contribution in [0.2, 0.25) is 0 Å². The largest absolute Gasteiger partial charge is 0.481 e. The molecule has 17 heavy (non-hydrogen) atoms. The summed E-state index contributed by atoms with van der Waals surface area (Å²) in [6.45, 7) is 0. The minimum absolute atomic E-state index is 0.155. The molecule has 0 aromatic heterocycles. The Morgan fingerprint density at radius 2 is 1.59 bits per heavy atom. The molecule has 2 atom stereocenters. The van der Waals surface area contributed by atoms with Crippen molar-refractivity contribution >= 4 is 11.9 Å². The van der Waals surface area contributed by atoms with Crippen molar-refractivity contribution in [1.29, 1.82) is 0 Å². The molecule has 92 valence electrons. The van der Waals surface area contributed by atoms with Crippen LogP contribution in [0.15, 0.2) is 24.3 Å². The maximum atomic E-state index is 10.4. The number of carboxylic acid groups (broad SMARTS) is 2. The van der Waals surface area contributed by atoms with Crippen LogP contribution in [-0.2, 0) is 16.0 Å². The van der Waals surface area contributed by atoms with Gasteiger partial charge in [-0.2, -0.15) is 0 Å². The quantitative estimate of drug-likeness (QED) is 0.566. The summed E-state index contributed by atoms with van der Waals surface area (Å²) < 4.78 is 0. The van der Waals surface area contributed by atoms with Crippen LogP contribution in [0.3, 0.4) is 0 Å². The smallest absolute Gasteiger partial charge is 0.335 e. The number of carboxylic acids is 2. The third-order valence-electron chi connectivity index (χ3n) is 2.23. The first kappa shape index (κ1) is 13.1. The molecule has 0 saturated carbocycles. The minimum atomic E-state index is -1.90. The zero-order valence-corrected chi connectivity index (χ0v) is 8.78. The Morgan fingerprint density at radius 1 is 1.06 bits per heavy atom. The maximum Gasteiger partial charge on any atom is 0.335 e. The van der Waals surface area contributed by atoms with Gasteiger partial charge in [0.2, 0.25) is 0 Å². The summed E-state index contributed by atoms with van der Waals surface area (Å²) in [6.07, 6.45) is -3.59. The average Bonchev–Trinajstić information content (AvgIpc) is 2.27. The zero-order chi connectivity index (χ0) is 13.0. The molecule has 6 heteroatoms. The van der Waals surface area contributed by atoms with E-state index in [1.807, 2.05) is 0 Å². The summed E-state index contributed by atoms with van der Waals surface area (Å²) in [6, 6.07) is 5.69. The van der Waals surface area contributed by atoms with Crippen molar-refractivity contribution in [2.45, 2.75) is 18.6 Å². The summed E-state index contributed by atoms with van der Waals surface area (Å²) in [7, 11) is 0. The first-order valence-electron chi connectivity index (χ1n) is 4.81. The van der Waals surface area contributed by atoms with Gasteiger partial charge in [-0.25, -0.2) is 4.79 Å². The molecule has 0 amide bonds. The van der Waals surface area contributed by atoms with E-state index in [2.05, 4.69) is 0 Å². The van der Waals surface area contributed by atoms with E-state index in [1.165, 1.54) is 24.3 Å². The first-order chi connectivity index (χ1) is 7.91. The molecule has 0 saturated heterocycles.